The van der Waals surface area contributed by atoms with Crippen LogP contribution in [0.3, 0.4) is 0 Å². The molecule has 9 heteroatoms. The van der Waals surface area contributed by atoms with Gasteiger partial charge in [0.05, 0.1) is 9.77 Å². The van der Waals surface area contributed by atoms with E-state index in [0.717, 1.165) is 30.5 Å². The van der Waals surface area contributed by atoms with Crippen molar-refractivity contribution in [1.29, 1.82) is 0 Å². The standard InChI is InChI=1S/C21H29N3O4S2/c1-4-22(5-2)30(27,28)16-8-9-17-15(13-16)7-6-12-23(17)20(26)18-14-29-21(3)11-10-19(25)24(18)21/h8-9,13,18H,4-7,10-12,14H2,1-3H3. The van der Waals surface area contributed by atoms with Crippen molar-refractivity contribution in [2.75, 3.05) is 30.3 Å². The third kappa shape index (κ3) is 3.35. The van der Waals surface area contributed by atoms with Gasteiger partial charge in [0.2, 0.25) is 15.9 Å². The Morgan fingerprint density at radius 3 is 2.70 bits per heavy atom. The zero-order valence-electron chi connectivity index (χ0n) is 17.8. The fourth-order valence-corrected chi connectivity index (χ4v) is 7.79. The van der Waals surface area contributed by atoms with Gasteiger partial charge in [0.25, 0.3) is 5.91 Å². The second kappa shape index (κ2) is 7.84. The Morgan fingerprint density at radius 1 is 1.27 bits per heavy atom. The van der Waals surface area contributed by atoms with Crippen LogP contribution in [0.5, 0.6) is 0 Å². The van der Waals surface area contributed by atoms with Crippen LogP contribution in [-0.2, 0) is 26.0 Å². The second-order valence-corrected chi connectivity index (χ2v) is 11.7. The predicted molar refractivity (Wildman–Crippen MR) is 118 cm³/mol. The number of aryl methyl sites for hydroxylation is 1. The van der Waals surface area contributed by atoms with Gasteiger partial charge in [0.1, 0.15) is 6.04 Å². The zero-order valence-corrected chi connectivity index (χ0v) is 19.4. The van der Waals surface area contributed by atoms with E-state index in [1.54, 1.807) is 39.8 Å². The monoisotopic (exact) mass is 451 g/mol. The third-order valence-corrected chi connectivity index (χ3v) is 10.1. The number of amides is 2. The van der Waals surface area contributed by atoms with Gasteiger partial charge in [-0.3, -0.25) is 9.59 Å². The van der Waals surface area contributed by atoms with Crippen LogP contribution in [0.2, 0.25) is 0 Å². The second-order valence-electron chi connectivity index (χ2n) is 8.24. The van der Waals surface area contributed by atoms with Crippen LogP contribution in [-0.4, -0.2) is 65.7 Å². The van der Waals surface area contributed by atoms with E-state index >= 15 is 0 Å². The number of carbonyl (C=O) groups is 2. The normalized spacial score (nSPS) is 26.3. The lowest BCUT2D eigenvalue weighted by atomic mass is 10.0. The molecule has 2 saturated heterocycles. The largest absolute Gasteiger partial charge is 0.315 e. The molecule has 164 valence electrons. The van der Waals surface area contributed by atoms with E-state index in [0.29, 0.717) is 31.8 Å². The number of anilines is 1. The third-order valence-electron chi connectivity index (χ3n) is 6.51. The average Bonchev–Trinajstić information content (AvgIpc) is 3.23. The molecule has 0 spiro atoms. The smallest absolute Gasteiger partial charge is 0.250 e. The van der Waals surface area contributed by atoms with Crippen molar-refractivity contribution in [3.63, 3.8) is 0 Å². The van der Waals surface area contributed by atoms with Crippen molar-refractivity contribution in [3.8, 4) is 0 Å². The molecule has 7 nitrogen and oxygen atoms in total. The number of nitrogens with zero attached hydrogens (tertiary/aromatic N) is 3. The molecule has 3 aliphatic heterocycles. The number of carbonyl (C=O) groups excluding carboxylic acids is 2. The average molecular weight is 452 g/mol. The summed E-state index contributed by atoms with van der Waals surface area (Å²) in [5.41, 5.74) is 1.65. The summed E-state index contributed by atoms with van der Waals surface area (Å²) in [5.74, 6) is 0.613. The Labute approximate surface area is 182 Å². The van der Waals surface area contributed by atoms with E-state index in [1.165, 1.54) is 4.31 Å². The first-order valence-electron chi connectivity index (χ1n) is 10.6. The molecule has 0 saturated carbocycles. The molecule has 3 heterocycles. The molecule has 0 bridgehead atoms. The molecule has 3 aliphatic rings. The predicted octanol–water partition coefficient (Wildman–Crippen LogP) is 2.45. The molecule has 1 aromatic rings. The maximum Gasteiger partial charge on any atom is 0.250 e. The number of thioether (sulfide) groups is 1. The molecule has 2 amide bonds. The Balaban J connectivity index is 1.64. The summed E-state index contributed by atoms with van der Waals surface area (Å²) >= 11 is 1.69. The van der Waals surface area contributed by atoms with Crippen molar-refractivity contribution in [3.05, 3.63) is 23.8 Å². The first kappa shape index (κ1) is 21.6. The summed E-state index contributed by atoms with van der Waals surface area (Å²) in [5, 5.41) is 0. The van der Waals surface area contributed by atoms with Crippen molar-refractivity contribution < 1.29 is 18.0 Å². The summed E-state index contributed by atoms with van der Waals surface area (Å²) in [6.45, 7) is 7.13. The molecule has 30 heavy (non-hydrogen) atoms. The van der Waals surface area contributed by atoms with E-state index in [-0.39, 0.29) is 21.6 Å². The Morgan fingerprint density at radius 2 is 2.00 bits per heavy atom. The Bertz CT molecular complexity index is 976. The van der Waals surface area contributed by atoms with E-state index in [2.05, 4.69) is 0 Å². The van der Waals surface area contributed by atoms with Crippen LogP contribution in [0, 0.1) is 0 Å². The molecule has 2 unspecified atom stereocenters. The number of sulfonamides is 1. The highest BCUT2D eigenvalue weighted by Crippen LogP contribution is 2.48. The minimum Gasteiger partial charge on any atom is -0.315 e. The lowest BCUT2D eigenvalue weighted by Crippen LogP contribution is -2.52. The number of benzene rings is 1. The number of hydrogen-bond donors (Lipinski definition) is 0. The van der Waals surface area contributed by atoms with Gasteiger partial charge in [-0.15, -0.1) is 11.8 Å². The first-order chi connectivity index (χ1) is 14.2. The zero-order chi connectivity index (χ0) is 21.7. The van der Waals surface area contributed by atoms with E-state index in [4.69, 9.17) is 0 Å². The summed E-state index contributed by atoms with van der Waals surface area (Å²) in [4.78, 5) is 29.5. The van der Waals surface area contributed by atoms with Gasteiger partial charge in [0, 0.05) is 37.5 Å². The first-order valence-corrected chi connectivity index (χ1v) is 13.1. The van der Waals surface area contributed by atoms with E-state index in [1.807, 2.05) is 20.8 Å². The fraction of sp³-hybridized carbons (Fsp3) is 0.619. The van der Waals surface area contributed by atoms with Crippen LogP contribution in [0.25, 0.3) is 0 Å². The molecule has 4 rings (SSSR count). The van der Waals surface area contributed by atoms with Gasteiger partial charge >= 0.3 is 0 Å². The van der Waals surface area contributed by atoms with Crippen molar-refractivity contribution in [2.45, 2.75) is 62.3 Å². The van der Waals surface area contributed by atoms with Gasteiger partial charge in [-0.25, -0.2) is 8.42 Å². The molecule has 2 atom stereocenters. The molecule has 1 aromatic carbocycles. The highest BCUT2D eigenvalue weighted by atomic mass is 32.2. The van der Waals surface area contributed by atoms with Crippen molar-refractivity contribution in [1.82, 2.24) is 9.21 Å². The van der Waals surface area contributed by atoms with Crippen LogP contribution in [0.1, 0.15) is 45.6 Å². The van der Waals surface area contributed by atoms with Gasteiger partial charge in [-0.05, 0) is 49.9 Å². The molecule has 0 radical (unpaired) electrons. The molecule has 0 aliphatic carbocycles. The van der Waals surface area contributed by atoms with Gasteiger partial charge in [0.15, 0.2) is 0 Å². The minimum atomic E-state index is -3.54. The van der Waals surface area contributed by atoms with E-state index < -0.39 is 16.1 Å². The van der Waals surface area contributed by atoms with Crippen LogP contribution < -0.4 is 4.90 Å². The van der Waals surface area contributed by atoms with Crippen LogP contribution in [0.15, 0.2) is 23.1 Å². The quantitative estimate of drug-likeness (QED) is 0.687. The van der Waals surface area contributed by atoms with E-state index in [9.17, 15) is 18.0 Å². The minimum absolute atomic E-state index is 0.0539. The topological polar surface area (TPSA) is 78.0 Å². The number of hydrogen-bond acceptors (Lipinski definition) is 5. The van der Waals surface area contributed by atoms with Gasteiger partial charge in [-0.2, -0.15) is 4.31 Å². The van der Waals surface area contributed by atoms with Crippen molar-refractivity contribution in [2.24, 2.45) is 0 Å². The summed E-state index contributed by atoms with van der Waals surface area (Å²) in [6, 6.07) is 4.64. The SMILES string of the molecule is CCN(CC)S(=O)(=O)c1ccc2c(c1)CCCN2C(=O)C1CSC2(C)CCC(=O)N12. The molecule has 0 N–H and O–H groups in total. The number of rotatable bonds is 5. The maximum atomic E-state index is 13.5. The highest BCUT2D eigenvalue weighted by Gasteiger charge is 2.53. The molecule has 2 fully saturated rings. The van der Waals surface area contributed by atoms with Crippen molar-refractivity contribution >= 4 is 39.3 Å². The number of fused-ring (bicyclic) bond motifs is 2. The molecular weight excluding hydrogens is 422 g/mol. The summed E-state index contributed by atoms with van der Waals surface area (Å²) in [7, 11) is -3.54. The summed E-state index contributed by atoms with van der Waals surface area (Å²) in [6.07, 6.45) is 2.79. The lowest BCUT2D eigenvalue weighted by Gasteiger charge is -2.35. The molecule has 0 aromatic heterocycles. The Hall–Kier alpha value is -1.58. The molecular formula is C21H29N3O4S2. The van der Waals surface area contributed by atoms with Crippen LogP contribution in [0.4, 0.5) is 5.69 Å². The fourth-order valence-electron chi connectivity index (χ4n) is 4.86. The maximum absolute atomic E-state index is 13.5. The lowest BCUT2D eigenvalue weighted by molar-refractivity contribution is -0.136. The van der Waals surface area contributed by atoms with Gasteiger partial charge < -0.3 is 9.80 Å². The summed E-state index contributed by atoms with van der Waals surface area (Å²) < 4.78 is 27.2. The van der Waals surface area contributed by atoms with Gasteiger partial charge in [-0.1, -0.05) is 13.8 Å². The Kier molecular flexibility index (Phi) is 5.65. The van der Waals surface area contributed by atoms with Crippen LogP contribution >= 0.6 is 11.8 Å². The highest BCUT2D eigenvalue weighted by molar-refractivity contribution is 8.01.